The number of hydrogen-bond donors (Lipinski definition) is 3. The third kappa shape index (κ3) is 3.50. The highest BCUT2D eigenvalue weighted by Gasteiger charge is 2.15. The molecule has 4 aromatic rings. The molecule has 0 spiro atoms. The molecule has 1 amide bonds. The van der Waals surface area contributed by atoms with Gasteiger partial charge in [0, 0.05) is 11.5 Å². The van der Waals surface area contributed by atoms with Crippen LogP contribution in [0.5, 0.6) is 0 Å². The predicted molar refractivity (Wildman–Crippen MR) is 99.7 cm³/mol. The minimum Gasteiger partial charge on any atom is -0.369 e. The summed E-state index contributed by atoms with van der Waals surface area (Å²) >= 11 is 0. The molecule has 4 rings (SSSR count). The first-order valence-corrected chi connectivity index (χ1v) is 8.31. The van der Waals surface area contributed by atoms with Crippen LogP contribution in [0.2, 0.25) is 0 Å². The lowest BCUT2D eigenvalue weighted by molar-refractivity contribution is -0.117. The van der Waals surface area contributed by atoms with Crippen LogP contribution in [0.1, 0.15) is 17.1 Å². The maximum atomic E-state index is 14.5. The summed E-state index contributed by atoms with van der Waals surface area (Å²) in [6.07, 6.45) is 3.40. The summed E-state index contributed by atoms with van der Waals surface area (Å²) in [7, 11) is 0. The molecule has 2 aromatic carbocycles. The number of halogens is 2. The molecule has 0 fully saturated rings. The fourth-order valence-electron chi connectivity index (χ4n) is 2.78. The van der Waals surface area contributed by atoms with Crippen molar-refractivity contribution >= 4 is 29.0 Å². The smallest absolute Gasteiger partial charge is 0.225 e. The molecule has 0 saturated carbocycles. The Labute approximate surface area is 157 Å². The Morgan fingerprint density at radius 1 is 1.11 bits per heavy atom. The van der Waals surface area contributed by atoms with Crippen molar-refractivity contribution in [1.82, 2.24) is 25.4 Å². The quantitative estimate of drug-likeness (QED) is 0.494. The first kappa shape index (κ1) is 17.5. The van der Waals surface area contributed by atoms with Crippen LogP contribution in [0.4, 0.5) is 8.78 Å². The van der Waals surface area contributed by atoms with E-state index in [0.29, 0.717) is 16.6 Å². The molecule has 140 valence electrons. The van der Waals surface area contributed by atoms with E-state index < -0.39 is 11.7 Å². The van der Waals surface area contributed by atoms with Crippen molar-refractivity contribution < 1.29 is 13.6 Å². The molecule has 4 N–H and O–H groups in total. The Hall–Kier alpha value is -3.88. The van der Waals surface area contributed by atoms with Gasteiger partial charge in [0.2, 0.25) is 5.91 Å². The van der Waals surface area contributed by atoms with Gasteiger partial charge in [-0.1, -0.05) is 18.2 Å². The molecular formula is C19H14F2N6O. The molecule has 0 radical (unpaired) electrons. The standard InChI is InChI=1S/C19H14F2N6O/c20-11-4-1-10(2-5-11)3-6-15-13-7-12(14(21)8-16(13)25-24-15)19-23-18(26-27-19)9-17(22)28/h1-8H,9H2,(H2,22,28)(H,24,25)(H,23,26,27). The average molecular weight is 380 g/mol. The van der Waals surface area contributed by atoms with Crippen LogP contribution >= 0.6 is 0 Å². The lowest BCUT2D eigenvalue weighted by atomic mass is 10.1. The maximum Gasteiger partial charge on any atom is 0.225 e. The molecule has 9 heteroatoms. The van der Waals surface area contributed by atoms with Gasteiger partial charge in [0.15, 0.2) is 5.82 Å². The van der Waals surface area contributed by atoms with Crippen molar-refractivity contribution in [2.75, 3.05) is 0 Å². The van der Waals surface area contributed by atoms with Crippen molar-refractivity contribution in [1.29, 1.82) is 0 Å². The van der Waals surface area contributed by atoms with Gasteiger partial charge in [0.25, 0.3) is 0 Å². The second-order valence-electron chi connectivity index (χ2n) is 6.13. The number of benzene rings is 2. The van der Waals surface area contributed by atoms with Crippen LogP contribution in [-0.2, 0) is 11.2 Å². The van der Waals surface area contributed by atoms with Crippen molar-refractivity contribution in [2.45, 2.75) is 6.42 Å². The van der Waals surface area contributed by atoms with Crippen LogP contribution in [0.25, 0.3) is 34.4 Å². The van der Waals surface area contributed by atoms with E-state index in [1.807, 2.05) is 0 Å². The molecule has 28 heavy (non-hydrogen) atoms. The van der Waals surface area contributed by atoms with E-state index in [-0.39, 0.29) is 29.5 Å². The number of hydrogen-bond acceptors (Lipinski definition) is 4. The summed E-state index contributed by atoms with van der Waals surface area (Å²) in [5.41, 5.74) is 7.21. The van der Waals surface area contributed by atoms with Gasteiger partial charge in [0.1, 0.15) is 17.5 Å². The van der Waals surface area contributed by atoms with Gasteiger partial charge in [-0.3, -0.25) is 9.89 Å². The molecule has 0 bridgehead atoms. The summed E-state index contributed by atoms with van der Waals surface area (Å²) in [5, 5.41) is 15.3. The number of aromatic amines is 2. The number of carbonyl (C=O) groups is 1. The van der Waals surface area contributed by atoms with Crippen molar-refractivity contribution in [3.8, 4) is 11.4 Å². The normalized spacial score (nSPS) is 11.5. The number of primary amides is 1. The van der Waals surface area contributed by atoms with E-state index in [0.717, 1.165) is 5.56 Å². The molecule has 0 aliphatic heterocycles. The Bertz CT molecular complexity index is 1190. The Kier molecular flexibility index (Phi) is 4.40. The summed E-state index contributed by atoms with van der Waals surface area (Å²) < 4.78 is 27.5. The number of fused-ring (bicyclic) bond motifs is 1. The number of nitrogens with two attached hydrogens (primary N) is 1. The van der Waals surface area contributed by atoms with Crippen LogP contribution in [-0.4, -0.2) is 31.3 Å². The number of carbonyl (C=O) groups excluding carboxylic acids is 1. The molecule has 0 atom stereocenters. The first-order valence-electron chi connectivity index (χ1n) is 8.31. The average Bonchev–Trinajstić information content (AvgIpc) is 3.26. The van der Waals surface area contributed by atoms with E-state index in [2.05, 4.69) is 25.4 Å². The van der Waals surface area contributed by atoms with Crippen molar-refractivity contribution in [3.63, 3.8) is 0 Å². The molecule has 7 nitrogen and oxygen atoms in total. The number of nitrogens with one attached hydrogen (secondary N) is 2. The molecule has 0 saturated heterocycles. The van der Waals surface area contributed by atoms with E-state index in [1.165, 1.54) is 18.2 Å². The SMILES string of the molecule is NC(=O)Cc1nnc(-c2cc3c(C=Cc4ccc(F)cc4)n[nH]c3cc2F)[nH]1. The minimum atomic E-state index is -0.568. The van der Waals surface area contributed by atoms with Gasteiger partial charge in [-0.25, -0.2) is 8.78 Å². The van der Waals surface area contributed by atoms with Gasteiger partial charge in [-0.2, -0.15) is 5.10 Å². The minimum absolute atomic E-state index is 0.117. The van der Waals surface area contributed by atoms with Crippen LogP contribution in [0, 0.1) is 11.6 Å². The van der Waals surface area contributed by atoms with Crippen LogP contribution in [0.15, 0.2) is 36.4 Å². The Morgan fingerprint density at radius 2 is 1.89 bits per heavy atom. The summed E-state index contributed by atoms with van der Waals surface area (Å²) in [4.78, 5) is 13.8. The van der Waals surface area contributed by atoms with Gasteiger partial charge in [0.05, 0.1) is 23.2 Å². The van der Waals surface area contributed by atoms with E-state index in [1.54, 1.807) is 30.4 Å². The number of amides is 1. The van der Waals surface area contributed by atoms with Gasteiger partial charge >= 0.3 is 0 Å². The van der Waals surface area contributed by atoms with E-state index in [9.17, 15) is 13.6 Å². The number of aromatic nitrogens is 5. The highest BCUT2D eigenvalue weighted by Crippen LogP contribution is 2.27. The van der Waals surface area contributed by atoms with Gasteiger partial charge in [-0.05, 0) is 29.8 Å². The van der Waals surface area contributed by atoms with E-state index in [4.69, 9.17) is 5.73 Å². The lowest BCUT2D eigenvalue weighted by Crippen LogP contribution is -2.14. The number of H-pyrrole nitrogens is 2. The fourth-order valence-corrected chi connectivity index (χ4v) is 2.78. The molecule has 0 aliphatic rings. The zero-order valence-electron chi connectivity index (χ0n) is 14.4. The molecule has 2 heterocycles. The highest BCUT2D eigenvalue weighted by atomic mass is 19.1. The summed E-state index contributed by atoms with van der Waals surface area (Å²) in [6, 6.07) is 8.91. The molecular weight excluding hydrogens is 366 g/mol. The van der Waals surface area contributed by atoms with Crippen molar-refractivity contribution in [2.24, 2.45) is 5.73 Å². The van der Waals surface area contributed by atoms with Gasteiger partial charge in [-0.15, -0.1) is 10.2 Å². The molecule has 0 unspecified atom stereocenters. The number of nitrogens with zero attached hydrogens (tertiary/aromatic N) is 3. The third-order valence-electron chi connectivity index (χ3n) is 4.11. The monoisotopic (exact) mass is 380 g/mol. The summed E-state index contributed by atoms with van der Waals surface area (Å²) in [6.45, 7) is 0. The zero-order chi connectivity index (χ0) is 19.7. The lowest BCUT2D eigenvalue weighted by Gasteiger charge is -2.00. The number of rotatable bonds is 5. The Morgan fingerprint density at radius 3 is 2.64 bits per heavy atom. The van der Waals surface area contributed by atoms with Gasteiger partial charge < -0.3 is 10.7 Å². The van der Waals surface area contributed by atoms with Crippen LogP contribution < -0.4 is 5.73 Å². The zero-order valence-corrected chi connectivity index (χ0v) is 14.4. The van der Waals surface area contributed by atoms with E-state index >= 15 is 0 Å². The molecule has 2 aromatic heterocycles. The first-order chi connectivity index (χ1) is 13.5. The maximum absolute atomic E-state index is 14.5. The second kappa shape index (κ2) is 7.03. The molecule has 0 aliphatic carbocycles. The van der Waals surface area contributed by atoms with Crippen molar-refractivity contribution in [3.05, 3.63) is 65.1 Å². The highest BCUT2D eigenvalue weighted by molar-refractivity contribution is 5.92. The largest absolute Gasteiger partial charge is 0.369 e. The third-order valence-corrected chi connectivity index (χ3v) is 4.11. The predicted octanol–water partition coefficient (Wildman–Crippen LogP) is 2.82. The second-order valence-corrected chi connectivity index (χ2v) is 6.13. The fraction of sp³-hybridized carbons (Fsp3) is 0.0526. The summed E-state index contributed by atoms with van der Waals surface area (Å²) in [5.74, 6) is -0.963. The van der Waals surface area contributed by atoms with Crippen LogP contribution in [0.3, 0.4) is 0 Å². The topological polar surface area (TPSA) is 113 Å². The Balaban J connectivity index is 1.70.